The van der Waals surface area contributed by atoms with Gasteiger partial charge in [0.1, 0.15) is 0 Å². The minimum absolute atomic E-state index is 0.527. The summed E-state index contributed by atoms with van der Waals surface area (Å²) < 4.78 is 0. The molecule has 3 N–H and O–H groups in total. The molecular formula is C13H20N2. The highest BCUT2D eigenvalue weighted by atomic mass is 14.9. The van der Waals surface area contributed by atoms with Crippen LogP contribution in [-0.2, 0) is 0 Å². The number of nitrogens with one attached hydrogen (secondary N) is 1. The molecule has 2 unspecified atom stereocenters. The molecule has 0 radical (unpaired) electrons. The van der Waals surface area contributed by atoms with Gasteiger partial charge in [-0.3, -0.25) is 0 Å². The van der Waals surface area contributed by atoms with E-state index in [0.717, 1.165) is 19.0 Å². The van der Waals surface area contributed by atoms with Gasteiger partial charge in [0.2, 0.25) is 0 Å². The lowest BCUT2D eigenvalue weighted by Gasteiger charge is -2.14. The normalized spacial score (nSPS) is 27.3. The summed E-state index contributed by atoms with van der Waals surface area (Å²) in [4.78, 5) is 0. The van der Waals surface area contributed by atoms with Crippen LogP contribution in [0, 0.1) is 0 Å². The molecule has 1 aromatic carbocycles. The summed E-state index contributed by atoms with van der Waals surface area (Å²) in [5.74, 6) is 0.718. The Morgan fingerprint density at radius 2 is 1.93 bits per heavy atom. The average Bonchev–Trinajstić information content (AvgIpc) is 2.55. The van der Waals surface area contributed by atoms with Crippen LogP contribution in [0.4, 0.5) is 0 Å². The van der Waals surface area contributed by atoms with Crippen LogP contribution in [0.5, 0.6) is 0 Å². The van der Waals surface area contributed by atoms with Crippen molar-refractivity contribution in [3.63, 3.8) is 0 Å². The zero-order chi connectivity index (χ0) is 10.5. The van der Waals surface area contributed by atoms with Gasteiger partial charge in [0.15, 0.2) is 0 Å². The Balaban J connectivity index is 2.00. The molecule has 0 aliphatic carbocycles. The Labute approximate surface area is 91.9 Å². The molecule has 1 aliphatic heterocycles. The van der Waals surface area contributed by atoms with Gasteiger partial charge in [-0.1, -0.05) is 30.3 Å². The smallest absolute Gasteiger partial charge is 0.0190 e. The fourth-order valence-electron chi connectivity index (χ4n) is 2.37. The summed E-state index contributed by atoms with van der Waals surface area (Å²) in [6.07, 6.45) is 3.70. The summed E-state index contributed by atoms with van der Waals surface area (Å²) in [5, 5.41) is 3.51. The molecule has 1 fully saturated rings. The molecule has 1 aromatic rings. The van der Waals surface area contributed by atoms with Gasteiger partial charge in [-0.15, -0.1) is 0 Å². The Morgan fingerprint density at radius 1 is 1.13 bits per heavy atom. The maximum absolute atomic E-state index is 5.69. The molecule has 2 heteroatoms. The van der Waals surface area contributed by atoms with Crippen LogP contribution in [0.2, 0.25) is 0 Å². The van der Waals surface area contributed by atoms with Crippen molar-refractivity contribution in [2.24, 2.45) is 5.73 Å². The molecule has 15 heavy (non-hydrogen) atoms. The van der Waals surface area contributed by atoms with E-state index in [2.05, 4.69) is 35.6 Å². The molecule has 0 aromatic heterocycles. The number of benzene rings is 1. The summed E-state index contributed by atoms with van der Waals surface area (Å²) in [5.41, 5.74) is 7.18. The first kappa shape index (κ1) is 10.7. The van der Waals surface area contributed by atoms with Gasteiger partial charge in [-0.25, -0.2) is 0 Å². The van der Waals surface area contributed by atoms with E-state index in [9.17, 15) is 0 Å². The van der Waals surface area contributed by atoms with Crippen LogP contribution in [0.1, 0.15) is 30.7 Å². The second-order valence-corrected chi connectivity index (χ2v) is 4.36. The van der Waals surface area contributed by atoms with E-state index >= 15 is 0 Å². The van der Waals surface area contributed by atoms with Gasteiger partial charge in [-0.2, -0.15) is 0 Å². The van der Waals surface area contributed by atoms with Gasteiger partial charge in [0, 0.05) is 12.6 Å². The van der Waals surface area contributed by atoms with Gasteiger partial charge in [-0.05, 0) is 37.3 Å². The molecule has 0 amide bonds. The Bertz CT molecular complexity index is 284. The lowest BCUT2D eigenvalue weighted by molar-refractivity contribution is 0.516. The summed E-state index contributed by atoms with van der Waals surface area (Å²) in [7, 11) is 0. The van der Waals surface area contributed by atoms with Crippen LogP contribution in [0.15, 0.2) is 30.3 Å². The molecule has 0 saturated carbocycles. The van der Waals surface area contributed by atoms with Crippen LogP contribution < -0.4 is 11.1 Å². The maximum atomic E-state index is 5.69. The average molecular weight is 204 g/mol. The number of hydrogen-bond donors (Lipinski definition) is 2. The molecule has 0 bridgehead atoms. The van der Waals surface area contributed by atoms with Gasteiger partial charge in [0.05, 0.1) is 0 Å². The van der Waals surface area contributed by atoms with Crippen molar-refractivity contribution in [3.05, 3.63) is 35.9 Å². The third-order valence-electron chi connectivity index (χ3n) is 3.34. The van der Waals surface area contributed by atoms with Crippen molar-refractivity contribution >= 4 is 0 Å². The molecule has 1 heterocycles. The van der Waals surface area contributed by atoms with Crippen LogP contribution in [0.3, 0.4) is 0 Å². The van der Waals surface area contributed by atoms with Crippen molar-refractivity contribution in [2.75, 3.05) is 13.1 Å². The summed E-state index contributed by atoms with van der Waals surface area (Å²) in [6, 6.07) is 11.4. The predicted molar refractivity (Wildman–Crippen MR) is 63.9 cm³/mol. The molecule has 2 nitrogen and oxygen atoms in total. The van der Waals surface area contributed by atoms with E-state index in [4.69, 9.17) is 5.73 Å². The minimum atomic E-state index is 0.527. The zero-order valence-electron chi connectivity index (χ0n) is 9.15. The Kier molecular flexibility index (Phi) is 3.75. The number of hydrogen-bond acceptors (Lipinski definition) is 2. The second kappa shape index (κ2) is 5.29. The molecular weight excluding hydrogens is 184 g/mol. The fraction of sp³-hybridized carbons (Fsp3) is 0.538. The van der Waals surface area contributed by atoms with Crippen LogP contribution >= 0.6 is 0 Å². The third-order valence-corrected chi connectivity index (χ3v) is 3.34. The van der Waals surface area contributed by atoms with Crippen molar-refractivity contribution in [1.82, 2.24) is 5.32 Å². The third kappa shape index (κ3) is 2.80. The highest BCUT2D eigenvalue weighted by Gasteiger charge is 2.18. The fourth-order valence-corrected chi connectivity index (χ4v) is 2.37. The first-order chi connectivity index (χ1) is 7.40. The maximum Gasteiger partial charge on any atom is 0.0190 e. The SMILES string of the molecule is NCC1CCC(c2ccccc2)CCN1. The predicted octanol–water partition coefficient (Wildman–Crippen LogP) is 1.87. The Morgan fingerprint density at radius 3 is 2.67 bits per heavy atom. The van der Waals surface area contributed by atoms with Crippen molar-refractivity contribution in [2.45, 2.75) is 31.2 Å². The van der Waals surface area contributed by atoms with Crippen molar-refractivity contribution in [3.8, 4) is 0 Å². The standard InChI is InChI=1S/C13H20N2/c14-10-13-7-6-12(8-9-15-13)11-4-2-1-3-5-11/h1-5,12-13,15H,6-10,14H2. The van der Waals surface area contributed by atoms with Gasteiger partial charge in [0.25, 0.3) is 0 Å². The first-order valence-electron chi connectivity index (χ1n) is 5.88. The molecule has 2 rings (SSSR count). The lowest BCUT2D eigenvalue weighted by Crippen LogP contribution is -2.35. The number of nitrogens with two attached hydrogens (primary N) is 1. The molecule has 1 aliphatic rings. The van der Waals surface area contributed by atoms with Crippen molar-refractivity contribution in [1.29, 1.82) is 0 Å². The van der Waals surface area contributed by atoms with Gasteiger partial charge >= 0.3 is 0 Å². The highest BCUT2D eigenvalue weighted by Crippen LogP contribution is 2.26. The van der Waals surface area contributed by atoms with Crippen LogP contribution in [0.25, 0.3) is 0 Å². The topological polar surface area (TPSA) is 38.0 Å². The second-order valence-electron chi connectivity index (χ2n) is 4.36. The first-order valence-corrected chi connectivity index (χ1v) is 5.88. The van der Waals surface area contributed by atoms with E-state index in [1.54, 1.807) is 0 Å². The largest absolute Gasteiger partial charge is 0.329 e. The zero-order valence-corrected chi connectivity index (χ0v) is 9.15. The van der Waals surface area contributed by atoms with Crippen molar-refractivity contribution < 1.29 is 0 Å². The molecule has 2 atom stereocenters. The minimum Gasteiger partial charge on any atom is -0.329 e. The van der Waals surface area contributed by atoms with Crippen LogP contribution in [-0.4, -0.2) is 19.1 Å². The molecule has 1 saturated heterocycles. The van der Waals surface area contributed by atoms with E-state index in [1.165, 1.54) is 24.8 Å². The summed E-state index contributed by atoms with van der Waals surface area (Å²) in [6.45, 7) is 1.86. The van der Waals surface area contributed by atoms with E-state index in [-0.39, 0.29) is 0 Å². The molecule has 82 valence electrons. The quantitative estimate of drug-likeness (QED) is 0.772. The van der Waals surface area contributed by atoms with Gasteiger partial charge < -0.3 is 11.1 Å². The molecule has 0 spiro atoms. The van der Waals surface area contributed by atoms with E-state index in [0.29, 0.717) is 6.04 Å². The monoisotopic (exact) mass is 204 g/mol. The van der Waals surface area contributed by atoms with E-state index in [1.807, 2.05) is 0 Å². The van der Waals surface area contributed by atoms with E-state index < -0.39 is 0 Å². The summed E-state index contributed by atoms with van der Waals surface area (Å²) >= 11 is 0. The Hall–Kier alpha value is -0.860. The highest BCUT2D eigenvalue weighted by molar-refractivity contribution is 5.19. The lowest BCUT2D eigenvalue weighted by atomic mass is 9.91. The number of rotatable bonds is 2.